The summed E-state index contributed by atoms with van der Waals surface area (Å²) >= 11 is 0. The van der Waals surface area contributed by atoms with Crippen molar-refractivity contribution in [1.29, 1.82) is 0 Å². The van der Waals surface area contributed by atoms with Crippen LogP contribution >= 0.6 is 0 Å². The molecule has 1 N–H and O–H groups in total. The average molecular weight is 332 g/mol. The lowest BCUT2D eigenvalue weighted by molar-refractivity contribution is -0.151. The quantitative estimate of drug-likeness (QED) is 0.638. The maximum absolute atomic E-state index is 12.2. The first kappa shape index (κ1) is 18.0. The van der Waals surface area contributed by atoms with E-state index in [-0.39, 0.29) is 30.1 Å². The third-order valence-corrected chi connectivity index (χ3v) is 4.20. The first-order valence-electron chi connectivity index (χ1n) is 8.30. The number of anilines is 1. The van der Waals surface area contributed by atoms with Gasteiger partial charge in [0.2, 0.25) is 5.91 Å². The second kappa shape index (κ2) is 8.47. The van der Waals surface area contributed by atoms with Crippen molar-refractivity contribution in [2.75, 3.05) is 31.6 Å². The van der Waals surface area contributed by atoms with Crippen LogP contribution in [0.4, 0.5) is 5.69 Å². The first-order valence-corrected chi connectivity index (χ1v) is 8.30. The predicted molar refractivity (Wildman–Crippen MR) is 90.9 cm³/mol. The lowest BCUT2D eigenvalue weighted by atomic mass is 9.97. The average Bonchev–Trinajstić information content (AvgIpc) is 2.60. The number of nitrogens with one attached hydrogen (secondary N) is 1. The Morgan fingerprint density at radius 2 is 1.79 bits per heavy atom. The molecule has 0 bridgehead atoms. The van der Waals surface area contributed by atoms with Crippen LogP contribution in [0.2, 0.25) is 0 Å². The molecular formula is C18H24N2O4. The van der Waals surface area contributed by atoms with E-state index < -0.39 is 0 Å². The summed E-state index contributed by atoms with van der Waals surface area (Å²) in [7, 11) is 0. The Labute approximate surface area is 142 Å². The summed E-state index contributed by atoms with van der Waals surface area (Å²) in [5.41, 5.74) is 1.45. The van der Waals surface area contributed by atoms with Crippen LogP contribution in [0.25, 0.3) is 0 Å². The molecule has 0 spiro atoms. The van der Waals surface area contributed by atoms with E-state index in [9.17, 15) is 14.4 Å². The number of amides is 1. The van der Waals surface area contributed by atoms with Crippen molar-refractivity contribution in [2.45, 2.75) is 26.7 Å². The number of benzene rings is 1. The number of piperidine rings is 1. The molecule has 0 saturated carbocycles. The maximum atomic E-state index is 12.2. The summed E-state index contributed by atoms with van der Waals surface area (Å²) in [6.07, 6.45) is 1.30. The molecule has 0 unspecified atom stereocenters. The zero-order chi connectivity index (χ0) is 17.5. The highest BCUT2D eigenvalue weighted by Gasteiger charge is 2.27. The van der Waals surface area contributed by atoms with Crippen LogP contribution in [0, 0.1) is 5.92 Å². The van der Waals surface area contributed by atoms with Gasteiger partial charge in [0, 0.05) is 24.3 Å². The fraction of sp³-hybridized carbons (Fsp3) is 0.500. The van der Waals surface area contributed by atoms with Gasteiger partial charge in [-0.3, -0.25) is 14.4 Å². The van der Waals surface area contributed by atoms with Crippen LogP contribution in [-0.2, 0) is 14.3 Å². The number of ketones is 1. The number of esters is 1. The van der Waals surface area contributed by atoms with E-state index in [2.05, 4.69) is 5.32 Å². The van der Waals surface area contributed by atoms with Crippen molar-refractivity contribution in [1.82, 2.24) is 4.90 Å². The van der Waals surface area contributed by atoms with Crippen molar-refractivity contribution < 1.29 is 19.1 Å². The number of Topliss-reactive ketones (excluding diaryl/α,β-unsaturated/α-hetero) is 1. The van der Waals surface area contributed by atoms with Crippen LogP contribution in [0.3, 0.4) is 0 Å². The molecule has 6 nitrogen and oxygen atoms in total. The lowest BCUT2D eigenvalue weighted by Crippen LogP contribution is -2.43. The second-order valence-electron chi connectivity index (χ2n) is 5.89. The van der Waals surface area contributed by atoms with Gasteiger partial charge in [0.1, 0.15) is 0 Å². The van der Waals surface area contributed by atoms with Crippen molar-refractivity contribution in [2.24, 2.45) is 5.92 Å². The predicted octanol–water partition coefficient (Wildman–Crippen LogP) is 2.10. The molecule has 0 aromatic heterocycles. The number of hydrogen-bond donors (Lipinski definition) is 1. The van der Waals surface area contributed by atoms with Crippen LogP contribution in [0.1, 0.15) is 37.0 Å². The Kier molecular flexibility index (Phi) is 6.35. The summed E-state index contributed by atoms with van der Waals surface area (Å²) in [6.45, 7) is 5.06. The van der Waals surface area contributed by atoms with E-state index >= 15 is 0 Å². The van der Waals surface area contributed by atoms with E-state index in [0.717, 1.165) is 5.69 Å². The number of carbonyl (C=O) groups excluding carboxylic acids is 3. The summed E-state index contributed by atoms with van der Waals surface area (Å²) in [5.74, 6) is -0.232. The van der Waals surface area contributed by atoms with Crippen molar-refractivity contribution in [3.63, 3.8) is 0 Å². The highest BCUT2D eigenvalue weighted by atomic mass is 16.5. The zero-order valence-electron chi connectivity index (χ0n) is 14.2. The Hall–Kier alpha value is -2.37. The Balaban J connectivity index is 1.77. The van der Waals surface area contributed by atoms with E-state index in [1.54, 1.807) is 36.1 Å². The fourth-order valence-corrected chi connectivity index (χ4v) is 2.74. The van der Waals surface area contributed by atoms with Gasteiger partial charge in [0.05, 0.1) is 19.1 Å². The highest BCUT2D eigenvalue weighted by molar-refractivity contribution is 5.94. The normalized spacial score (nSPS) is 15.0. The Morgan fingerprint density at radius 3 is 2.33 bits per heavy atom. The van der Waals surface area contributed by atoms with E-state index in [1.165, 1.54) is 6.92 Å². The molecule has 1 heterocycles. The lowest BCUT2D eigenvalue weighted by Gasteiger charge is -2.31. The molecule has 0 atom stereocenters. The Bertz CT molecular complexity index is 590. The van der Waals surface area contributed by atoms with E-state index in [0.29, 0.717) is 38.1 Å². The molecule has 24 heavy (non-hydrogen) atoms. The number of carbonyl (C=O) groups is 3. The molecule has 1 aromatic rings. The molecule has 2 rings (SSSR count). The summed E-state index contributed by atoms with van der Waals surface area (Å²) in [6, 6.07) is 7.05. The van der Waals surface area contributed by atoms with Crippen molar-refractivity contribution in [3.05, 3.63) is 29.8 Å². The molecule has 6 heteroatoms. The maximum Gasteiger partial charge on any atom is 0.309 e. The number of ether oxygens (including phenoxy) is 1. The molecule has 1 amide bonds. The number of rotatable bonds is 6. The smallest absolute Gasteiger partial charge is 0.309 e. The topological polar surface area (TPSA) is 75.7 Å². The third kappa shape index (κ3) is 4.81. The van der Waals surface area contributed by atoms with E-state index in [4.69, 9.17) is 4.74 Å². The van der Waals surface area contributed by atoms with Gasteiger partial charge in [0.25, 0.3) is 0 Å². The van der Waals surface area contributed by atoms with Gasteiger partial charge in [-0.1, -0.05) is 0 Å². The van der Waals surface area contributed by atoms with Gasteiger partial charge < -0.3 is 15.0 Å². The van der Waals surface area contributed by atoms with E-state index in [1.807, 2.05) is 0 Å². The monoisotopic (exact) mass is 332 g/mol. The van der Waals surface area contributed by atoms with Gasteiger partial charge in [-0.05, 0) is 51.0 Å². The Morgan fingerprint density at radius 1 is 1.17 bits per heavy atom. The minimum atomic E-state index is -0.159. The second-order valence-corrected chi connectivity index (χ2v) is 5.89. The standard InChI is InChI=1S/C18H24N2O4/c1-3-24-18(23)15-8-10-20(11-9-15)17(22)12-19-16-6-4-14(5-7-16)13(2)21/h4-7,15,19H,3,8-12H2,1-2H3. The largest absolute Gasteiger partial charge is 0.466 e. The molecule has 130 valence electrons. The summed E-state index contributed by atoms with van der Waals surface area (Å²) in [4.78, 5) is 36.9. The molecular weight excluding hydrogens is 308 g/mol. The number of nitrogens with zero attached hydrogens (tertiary/aromatic N) is 1. The van der Waals surface area contributed by atoms with Gasteiger partial charge in [-0.15, -0.1) is 0 Å². The van der Waals surface area contributed by atoms with Gasteiger partial charge in [-0.2, -0.15) is 0 Å². The number of likely N-dealkylation sites (tertiary alicyclic amines) is 1. The minimum absolute atomic E-state index is 0.00736. The SMILES string of the molecule is CCOC(=O)C1CCN(C(=O)CNc2ccc(C(C)=O)cc2)CC1. The minimum Gasteiger partial charge on any atom is -0.466 e. The van der Waals surface area contributed by atoms with Crippen molar-refractivity contribution in [3.8, 4) is 0 Å². The van der Waals surface area contributed by atoms with Gasteiger partial charge in [0.15, 0.2) is 5.78 Å². The zero-order valence-corrected chi connectivity index (χ0v) is 14.2. The van der Waals surface area contributed by atoms with Crippen LogP contribution in [-0.4, -0.2) is 48.8 Å². The van der Waals surface area contributed by atoms with Crippen LogP contribution in [0.5, 0.6) is 0 Å². The van der Waals surface area contributed by atoms with Crippen LogP contribution in [0.15, 0.2) is 24.3 Å². The molecule has 1 aliphatic rings. The van der Waals surface area contributed by atoms with Gasteiger partial charge >= 0.3 is 5.97 Å². The summed E-state index contributed by atoms with van der Waals surface area (Å²) < 4.78 is 5.03. The van der Waals surface area contributed by atoms with Crippen molar-refractivity contribution >= 4 is 23.3 Å². The fourth-order valence-electron chi connectivity index (χ4n) is 2.74. The number of hydrogen-bond acceptors (Lipinski definition) is 5. The molecule has 1 fully saturated rings. The summed E-state index contributed by atoms with van der Waals surface area (Å²) in [5, 5.41) is 3.07. The molecule has 0 radical (unpaired) electrons. The first-order chi connectivity index (χ1) is 11.5. The molecule has 1 aliphatic heterocycles. The van der Waals surface area contributed by atoms with Crippen LogP contribution < -0.4 is 5.32 Å². The molecule has 0 aliphatic carbocycles. The molecule has 1 aromatic carbocycles. The highest BCUT2D eigenvalue weighted by Crippen LogP contribution is 2.19. The third-order valence-electron chi connectivity index (χ3n) is 4.20. The van der Waals surface area contributed by atoms with Gasteiger partial charge in [-0.25, -0.2) is 0 Å². The molecule has 1 saturated heterocycles.